The Morgan fingerprint density at radius 3 is 2.48 bits per heavy atom. The summed E-state index contributed by atoms with van der Waals surface area (Å²) in [6.45, 7) is 7.43. The third-order valence-corrected chi connectivity index (χ3v) is 3.73. The Morgan fingerprint density at radius 2 is 2.00 bits per heavy atom. The van der Waals surface area contributed by atoms with E-state index in [-0.39, 0.29) is 11.7 Å². The summed E-state index contributed by atoms with van der Waals surface area (Å²) in [6.07, 6.45) is 1.64. The molecule has 1 heterocycles. The number of amides is 1. The molecule has 0 saturated heterocycles. The number of amidine groups is 1. The molecule has 7 nitrogen and oxygen atoms in total. The van der Waals surface area contributed by atoms with Gasteiger partial charge in [-0.25, -0.2) is 0 Å². The van der Waals surface area contributed by atoms with Crippen molar-refractivity contribution in [2.24, 2.45) is 10.9 Å². The van der Waals surface area contributed by atoms with Crippen LogP contribution >= 0.6 is 0 Å². The fourth-order valence-electron chi connectivity index (χ4n) is 2.21. The molecule has 0 unspecified atom stereocenters. The predicted octanol–water partition coefficient (Wildman–Crippen LogP) is 1.38. The number of carbonyl (C=O) groups is 1. The second-order valence-electron chi connectivity index (χ2n) is 4.93. The number of rotatable bonds is 6. The fraction of sp³-hybridized carbons (Fsp3) is 0.571. The molecular formula is C14H23N5O2. The first-order valence-corrected chi connectivity index (χ1v) is 7.07. The van der Waals surface area contributed by atoms with E-state index in [4.69, 9.17) is 10.9 Å². The van der Waals surface area contributed by atoms with Crippen LogP contribution < -0.4 is 11.1 Å². The highest BCUT2D eigenvalue weighted by atomic mass is 16.4. The number of hydrogen-bond donors (Lipinski definition) is 3. The van der Waals surface area contributed by atoms with Crippen LogP contribution in [0.5, 0.6) is 0 Å². The summed E-state index contributed by atoms with van der Waals surface area (Å²) in [4.78, 5) is 12.6. The molecule has 0 aliphatic carbocycles. The summed E-state index contributed by atoms with van der Waals surface area (Å²) in [7, 11) is 0. The van der Waals surface area contributed by atoms with Crippen molar-refractivity contribution in [2.75, 3.05) is 0 Å². The van der Waals surface area contributed by atoms with E-state index in [1.165, 1.54) is 0 Å². The first-order valence-electron chi connectivity index (χ1n) is 7.07. The number of aryl methyl sites for hydroxylation is 2. The number of carbonyl (C=O) groups excluding carboxylic acids is 1. The average molecular weight is 293 g/mol. The first kappa shape index (κ1) is 16.9. The largest absolute Gasteiger partial charge is 0.409 e. The topological polar surface area (TPSA) is 113 Å². The lowest BCUT2D eigenvalue weighted by molar-refractivity contribution is 0.0916. The van der Waals surface area contributed by atoms with Gasteiger partial charge in [0.15, 0.2) is 5.84 Å². The minimum absolute atomic E-state index is 0.00219. The zero-order chi connectivity index (χ0) is 16.0. The zero-order valence-electron chi connectivity index (χ0n) is 13.0. The van der Waals surface area contributed by atoms with E-state index in [0.717, 1.165) is 0 Å². The molecule has 1 amide bonds. The van der Waals surface area contributed by atoms with Crippen LogP contribution in [0.25, 0.3) is 0 Å². The molecule has 1 aromatic rings. The minimum Gasteiger partial charge on any atom is -0.409 e. The maximum Gasteiger partial charge on any atom is 0.254 e. The van der Waals surface area contributed by atoms with E-state index in [2.05, 4.69) is 20.7 Å². The molecule has 116 valence electrons. The van der Waals surface area contributed by atoms with Gasteiger partial charge in [0.1, 0.15) is 5.54 Å². The fourth-order valence-corrected chi connectivity index (χ4v) is 2.21. The van der Waals surface area contributed by atoms with Gasteiger partial charge in [0.05, 0.1) is 17.0 Å². The van der Waals surface area contributed by atoms with Crippen LogP contribution in [0.3, 0.4) is 0 Å². The van der Waals surface area contributed by atoms with Gasteiger partial charge in [0.2, 0.25) is 0 Å². The van der Waals surface area contributed by atoms with Gasteiger partial charge in [-0.2, -0.15) is 10.2 Å². The lowest BCUT2D eigenvalue weighted by atomic mass is 9.90. The second kappa shape index (κ2) is 7.01. The molecular weight excluding hydrogens is 270 g/mol. The van der Waals surface area contributed by atoms with Crippen LogP contribution in [-0.4, -0.2) is 32.7 Å². The second-order valence-corrected chi connectivity index (χ2v) is 4.93. The molecule has 4 N–H and O–H groups in total. The summed E-state index contributed by atoms with van der Waals surface area (Å²) in [6, 6.07) is 1.70. The van der Waals surface area contributed by atoms with Gasteiger partial charge in [0, 0.05) is 0 Å². The van der Waals surface area contributed by atoms with Crippen molar-refractivity contribution >= 4 is 11.7 Å². The summed E-state index contributed by atoms with van der Waals surface area (Å²) in [5.74, 6) is -0.294. The van der Waals surface area contributed by atoms with Crippen molar-refractivity contribution in [1.29, 1.82) is 0 Å². The third-order valence-electron chi connectivity index (χ3n) is 3.73. The molecule has 0 fully saturated rings. The smallest absolute Gasteiger partial charge is 0.254 e. The Labute approximate surface area is 124 Å². The summed E-state index contributed by atoms with van der Waals surface area (Å²) in [5.41, 5.74) is 6.65. The molecule has 0 aliphatic heterocycles. The van der Waals surface area contributed by atoms with Crippen molar-refractivity contribution in [1.82, 2.24) is 15.5 Å². The lowest BCUT2D eigenvalue weighted by Crippen LogP contribution is -2.57. The molecule has 7 heteroatoms. The SMILES string of the molecule is CCc1nnc(C)cc1C(=O)NC(CC)(CC)C(N)=NO. The number of oxime groups is 1. The number of aromatic nitrogens is 2. The van der Waals surface area contributed by atoms with Crippen LogP contribution in [0, 0.1) is 6.92 Å². The normalized spacial score (nSPS) is 12.3. The Hall–Kier alpha value is -2.18. The van der Waals surface area contributed by atoms with Crippen molar-refractivity contribution in [3.8, 4) is 0 Å². The average Bonchev–Trinajstić information content (AvgIpc) is 2.51. The maximum absolute atomic E-state index is 12.6. The third kappa shape index (κ3) is 3.48. The molecule has 0 aromatic carbocycles. The van der Waals surface area contributed by atoms with Gasteiger partial charge in [-0.3, -0.25) is 4.79 Å². The van der Waals surface area contributed by atoms with Gasteiger partial charge < -0.3 is 16.3 Å². The van der Waals surface area contributed by atoms with Crippen molar-refractivity contribution in [3.05, 3.63) is 23.0 Å². The molecule has 0 atom stereocenters. The maximum atomic E-state index is 12.6. The van der Waals surface area contributed by atoms with Gasteiger partial charge in [-0.1, -0.05) is 25.9 Å². The van der Waals surface area contributed by atoms with Crippen molar-refractivity contribution in [3.63, 3.8) is 0 Å². The molecule has 0 bridgehead atoms. The Morgan fingerprint density at radius 1 is 1.38 bits per heavy atom. The van der Waals surface area contributed by atoms with E-state index < -0.39 is 5.54 Å². The highest BCUT2D eigenvalue weighted by molar-refractivity contribution is 6.00. The van der Waals surface area contributed by atoms with Crippen LogP contribution in [0.15, 0.2) is 11.2 Å². The molecule has 21 heavy (non-hydrogen) atoms. The first-order chi connectivity index (χ1) is 9.93. The van der Waals surface area contributed by atoms with Crippen LogP contribution in [0.1, 0.15) is 55.4 Å². The minimum atomic E-state index is -0.867. The number of nitrogens with one attached hydrogen (secondary N) is 1. The number of nitrogens with zero attached hydrogens (tertiary/aromatic N) is 3. The van der Waals surface area contributed by atoms with Gasteiger partial charge in [0.25, 0.3) is 5.91 Å². The van der Waals surface area contributed by atoms with Crippen molar-refractivity contribution in [2.45, 2.75) is 52.5 Å². The number of hydrogen-bond acceptors (Lipinski definition) is 5. The monoisotopic (exact) mass is 293 g/mol. The van der Waals surface area contributed by atoms with Gasteiger partial charge >= 0.3 is 0 Å². The quantitative estimate of drug-likeness (QED) is 0.317. The Bertz CT molecular complexity index is 538. The molecule has 1 aromatic heterocycles. The van der Waals surface area contributed by atoms with E-state index in [9.17, 15) is 4.79 Å². The van der Waals surface area contributed by atoms with Crippen LogP contribution in [0.2, 0.25) is 0 Å². The molecule has 0 radical (unpaired) electrons. The van der Waals surface area contributed by atoms with E-state index in [1.54, 1.807) is 13.0 Å². The predicted molar refractivity (Wildman–Crippen MR) is 80.3 cm³/mol. The van der Waals surface area contributed by atoms with Gasteiger partial charge in [-0.15, -0.1) is 0 Å². The molecule has 0 saturated carbocycles. The molecule has 0 spiro atoms. The van der Waals surface area contributed by atoms with Crippen molar-refractivity contribution < 1.29 is 10.0 Å². The van der Waals surface area contributed by atoms with Crippen LogP contribution in [0.4, 0.5) is 0 Å². The zero-order valence-corrected chi connectivity index (χ0v) is 13.0. The van der Waals surface area contributed by atoms with E-state index in [1.807, 2.05) is 20.8 Å². The highest BCUT2D eigenvalue weighted by Gasteiger charge is 2.34. The summed E-state index contributed by atoms with van der Waals surface area (Å²) < 4.78 is 0. The standard InChI is InChI=1S/C14H23N5O2/c1-5-11-10(8-9(4)17-18-11)12(20)16-14(6-2,7-3)13(15)19-21/h8,21H,5-7H2,1-4H3,(H2,15,19)(H,16,20). The Kier molecular flexibility index (Phi) is 5.63. The summed E-state index contributed by atoms with van der Waals surface area (Å²) >= 11 is 0. The van der Waals surface area contributed by atoms with E-state index >= 15 is 0 Å². The van der Waals surface area contributed by atoms with E-state index in [0.29, 0.717) is 36.2 Å². The highest BCUT2D eigenvalue weighted by Crippen LogP contribution is 2.17. The number of nitrogens with two attached hydrogens (primary N) is 1. The summed E-state index contributed by atoms with van der Waals surface area (Å²) in [5, 5.41) is 22.9. The molecule has 1 rings (SSSR count). The van der Waals surface area contributed by atoms with Crippen LogP contribution in [-0.2, 0) is 6.42 Å². The van der Waals surface area contributed by atoms with Gasteiger partial charge in [-0.05, 0) is 32.3 Å². The molecule has 0 aliphatic rings. The lowest BCUT2D eigenvalue weighted by Gasteiger charge is -2.31. The Balaban J connectivity index is 3.17.